The molecular formula is C20H23N3O4. The second-order valence-electron chi connectivity index (χ2n) is 6.07. The lowest BCUT2D eigenvalue weighted by atomic mass is 10.3. The molecule has 0 aliphatic heterocycles. The topological polar surface area (TPSA) is 69.7 Å². The van der Waals surface area contributed by atoms with Gasteiger partial charge >= 0.3 is 0 Å². The highest BCUT2D eigenvalue weighted by molar-refractivity contribution is 5.91. The number of amides is 1. The molecule has 0 spiro atoms. The van der Waals surface area contributed by atoms with E-state index in [4.69, 9.17) is 13.9 Å². The fourth-order valence-electron chi connectivity index (χ4n) is 2.58. The smallest absolute Gasteiger partial charge is 0.289 e. The van der Waals surface area contributed by atoms with Crippen molar-refractivity contribution in [2.75, 3.05) is 13.7 Å². The molecular weight excluding hydrogens is 346 g/mol. The van der Waals surface area contributed by atoms with Crippen LogP contribution in [-0.4, -0.2) is 34.2 Å². The first-order valence-corrected chi connectivity index (χ1v) is 8.73. The number of rotatable bonds is 8. The lowest BCUT2D eigenvalue weighted by Crippen LogP contribution is -2.26. The van der Waals surface area contributed by atoms with Gasteiger partial charge in [0.15, 0.2) is 5.76 Å². The minimum absolute atomic E-state index is 0.191. The molecule has 2 aromatic heterocycles. The molecule has 142 valence electrons. The van der Waals surface area contributed by atoms with Crippen LogP contribution in [0.5, 0.6) is 11.5 Å². The van der Waals surface area contributed by atoms with Gasteiger partial charge in [-0.2, -0.15) is 5.10 Å². The standard InChI is InChI=1S/C20H23N3O4/c1-4-25-16-5-7-17(8-6-16)26-14-18-9-10-19(27-18)20(24)22(2)13-15-11-12-21-23(15)3/h5-12H,4,13-14H2,1-3H3. The number of carbonyl (C=O) groups excluding carboxylic acids is 1. The zero-order chi connectivity index (χ0) is 19.2. The summed E-state index contributed by atoms with van der Waals surface area (Å²) in [4.78, 5) is 14.1. The van der Waals surface area contributed by atoms with E-state index in [-0.39, 0.29) is 18.3 Å². The largest absolute Gasteiger partial charge is 0.494 e. The SMILES string of the molecule is CCOc1ccc(OCc2ccc(C(=O)N(C)Cc3ccnn3C)o2)cc1. The molecule has 0 unspecified atom stereocenters. The van der Waals surface area contributed by atoms with Crippen molar-refractivity contribution < 1.29 is 18.7 Å². The Bertz CT molecular complexity index is 883. The normalized spacial score (nSPS) is 10.6. The van der Waals surface area contributed by atoms with E-state index in [0.717, 1.165) is 11.4 Å². The van der Waals surface area contributed by atoms with Crippen molar-refractivity contribution in [2.24, 2.45) is 7.05 Å². The summed E-state index contributed by atoms with van der Waals surface area (Å²) in [5, 5.41) is 4.11. The molecule has 0 radical (unpaired) electrons. The lowest BCUT2D eigenvalue weighted by molar-refractivity contribution is 0.0746. The number of aryl methyl sites for hydroxylation is 1. The van der Waals surface area contributed by atoms with E-state index >= 15 is 0 Å². The molecule has 2 heterocycles. The van der Waals surface area contributed by atoms with Gasteiger partial charge < -0.3 is 18.8 Å². The number of hydrogen-bond acceptors (Lipinski definition) is 5. The molecule has 0 aliphatic rings. The number of hydrogen-bond donors (Lipinski definition) is 0. The van der Waals surface area contributed by atoms with E-state index in [0.29, 0.717) is 24.7 Å². The minimum Gasteiger partial charge on any atom is -0.494 e. The summed E-state index contributed by atoms with van der Waals surface area (Å²) >= 11 is 0. The molecule has 7 heteroatoms. The second-order valence-corrected chi connectivity index (χ2v) is 6.07. The van der Waals surface area contributed by atoms with E-state index in [2.05, 4.69) is 5.10 Å². The van der Waals surface area contributed by atoms with Crippen molar-refractivity contribution in [1.29, 1.82) is 0 Å². The highest BCUT2D eigenvalue weighted by atomic mass is 16.5. The Morgan fingerprint density at radius 2 is 1.81 bits per heavy atom. The van der Waals surface area contributed by atoms with Gasteiger partial charge in [0, 0.05) is 20.3 Å². The Morgan fingerprint density at radius 3 is 2.44 bits per heavy atom. The summed E-state index contributed by atoms with van der Waals surface area (Å²) < 4.78 is 18.5. The number of benzene rings is 1. The third-order valence-electron chi connectivity index (χ3n) is 4.06. The molecule has 0 aliphatic carbocycles. The maximum atomic E-state index is 12.5. The molecule has 0 bridgehead atoms. The van der Waals surface area contributed by atoms with Crippen LogP contribution in [0.2, 0.25) is 0 Å². The maximum absolute atomic E-state index is 12.5. The van der Waals surface area contributed by atoms with Gasteiger partial charge in [-0.1, -0.05) is 0 Å². The van der Waals surface area contributed by atoms with Gasteiger partial charge in [-0.3, -0.25) is 9.48 Å². The van der Waals surface area contributed by atoms with Gasteiger partial charge in [0.1, 0.15) is 23.9 Å². The van der Waals surface area contributed by atoms with E-state index in [1.807, 2.05) is 44.3 Å². The highest BCUT2D eigenvalue weighted by Crippen LogP contribution is 2.19. The third kappa shape index (κ3) is 4.69. The molecule has 0 N–H and O–H groups in total. The summed E-state index contributed by atoms with van der Waals surface area (Å²) in [6.45, 7) is 3.26. The molecule has 7 nitrogen and oxygen atoms in total. The maximum Gasteiger partial charge on any atom is 0.289 e. The highest BCUT2D eigenvalue weighted by Gasteiger charge is 2.17. The van der Waals surface area contributed by atoms with E-state index in [9.17, 15) is 4.79 Å². The molecule has 1 amide bonds. The fourth-order valence-corrected chi connectivity index (χ4v) is 2.58. The van der Waals surface area contributed by atoms with E-state index in [1.165, 1.54) is 0 Å². The first kappa shape index (κ1) is 18.6. The quantitative estimate of drug-likeness (QED) is 0.610. The van der Waals surface area contributed by atoms with Crippen LogP contribution >= 0.6 is 0 Å². The zero-order valence-corrected chi connectivity index (χ0v) is 15.7. The van der Waals surface area contributed by atoms with Crippen LogP contribution in [0.1, 0.15) is 28.9 Å². The van der Waals surface area contributed by atoms with Crippen molar-refractivity contribution in [2.45, 2.75) is 20.1 Å². The summed E-state index contributed by atoms with van der Waals surface area (Å²) in [6.07, 6.45) is 1.71. The Kier molecular flexibility index (Phi) is 5.80. The number of ether oxygens (including phenoxy) is 2. The number of nitrogens with zero attached hydrogens (tertiary/aromatic N) is 3. The Hall–Kier alpha value is -3.22. The number of furan rings is 1. The monoisotopic (exact) mass is 369 g/mol. The predicted molar refractivity (Wildman–Crippen MR) is 99.7 cm³/mol. The van der Waals surface area contributed by atoms with Crippen molar-refractivity contribution in [1.82, 2.24) is 14.7 Å². The molecule has 0 saturated heterocycles. The molecule has 0 fully saturated rings. The van der Waals surface area contributed by atoms with Gasteiger partial charge in [0.25, 0.3) is 5.91 Å². The lowest BCUT2D eigenvalue weighted by Gasteiger charge is -2.15. The van der Waals surface area contributed by atoms with Crippen LogP contribution in [0, 0.1) is 0 Å². The van der Waals surface area contributed by atoms with Crippen LogP contribution < -0.4 is 9.47 Å². The Labute approximate surface area is 158 Å². The van der Waals surface area contributed by atoms with Crippen LogP contribution in [0.25, 0.3) is 0 Å². The summed E-state index contributed by atoms with van der Waals surface area (Å²) in [5.74, 6) is 2.18. The van der Waals surface area contributed by atoms with Gasteiger partial charge in [-0.25, -0.2) is 0 Å². The van der Waals surface area contributed by atoms with Gasteiger partial charge in [-0.05, 0) is 49.4 Å². The molecule has 3 rings (SSSR count). The summed E-state index contributed by atoms with van der Waals surface area (Å²) in [7, 11) is 3.57. The molecule has 0 saturated carbocycles. The number of carbonyl (C=O) groups is 1. The molecule has 3 aromatic rings. The van der Waals surface area contributed by atoms with Crippen LogP contribution in [-0.2, 0) is 20.2 Å². The van der Waals surface area contributed by atoms with Gasteiger partial charge in [0.2, 0.25) is 0 Å². The molecule has 1 aromatic carbocycles. The predicted octanol–water partition coefficient (Wildman–Crippen LogP) is 3.26. The average molecular weight is 369 g/mol. The fraction of sp³-hybridized carbons (Fsp3) is 0.300. The van der Waals surface area contributed by atoms with Crippen molar-refractivity contribution >= 4 is 5.91 Å². The average Bonchev–Trinajstić information content (AvgIpc) is 3.30. The minimum atomic E-state index is -0.191. The van der Waals surface area contributed by atoms with Crippen LogP contribution in [0.15, 0.2) is 53.1 Å². The van der Waals surface area contributed by atoms with Crippen molar-refractivity contribution in [3.63, 3.8) is 0 Å². The summed E-state index contributed by atoms with van der Waals surface area (Å²) in [5.41, 5.74) is 0.941. The summed E-state index contributed by atoms with van der Waals surface area (Å²) in [6, 6.07) is 12.7. The van der Waals surface area contributed by atoms with Crippen molar-refractivity contribution in [3.05, 3.63) is 65.9 Å². The third-order valence-corrected chi connectivity index (χ3v) is 4.06. The first-order valence-electron chi connectivity index (χ1n) is 8.73. The van der Waals surface area contributed by atoms with Gasteiger partial charge in [0.05, 0.1) is 18.8 Å². The Morgan fingerprint density at radius 1 is 1.11 bits per heavy atom. The zero-order valence-electron chi connectivity index (χ0n) is 15.7. The van der Waals surface area contributed by atoms with Crippen LogP contribution in [0.3, 0.4) is 0 Å². The van der Waals surface area contributed by atoms with Crippen LogP contribution in [0.4, 0.5) is 0 Å². The van der Waals surface area contributed by atoms with E-state index in [1.54, 1.807) is 35.0 Å². The van der Waals surface area contributed by atoms with Crippen molar-refractivity contribution in [3.8, 4) is 11.5 Å². The molecule has 0 atom stereocenters. The first-order chi connectivity index (χ1) is 13.1. The second kappa shape index (κ2) is 8.44. The molecule has 27 heavy (non-hydrogen) atoms. The number of aromatic nitrogens is 2. The van der Waals surface area contributed by atoms with E-state index < -0.39 is 0 Å². The van der Waals surface area contributed by atoms with Gasteiger partial charge in [-0.15, -0.1) is 0 Å². The Balaban J connectivity index is 1.55.